The van der Waals surface area contributed by atoms with Crippen LogP contribution in [0.15, 0.2) is 6.20 Å². The third kappa shape index (κ3) is 3.23. The molecule has 2 rings (SSSR count). The number of carbonyl (C=O) groups is 1. The molecule has 0 saturated carbocycles. The molecule has 0 spiro atoms. The van der Waals surface area contributed by atoms with Crippen LogP contribution in [0.25, 0.3) is 0 Å². The number of ether oxygens (including phenoxy) is 1. The molecular formula is C12H20N4O3. The minimum absolute atomic E-state index is 0.104. The van der Waals surface area contributed by atoms with Crippen LogP contribution in [0.5, 0.6) is 0 Å². The first-order chi connectivity index (χ1) is 8.76. The Morgan fingerprint density at radius 1 is 1.53 bits per heavy atom. The Hall–Kier alpha value is -1.63. The van der Waals surface area contributed by atoms with Gasteiger partial charge in [-0.1, -0.05) is 5.21 Å². The highest BCUT2D eigenvalue weighted by Gasteiger charge is 2.35. The van der Waals surface area contributed by atoms with E-state index in [-0.39, 0.29) is 12.1 Å². The van der Waals surface area contributed by atoms with Crippen molar-refractivity contribution in [2.45, 2.75) is 45.4 Å². The monoisotopic (exact) mass is 268 g/mol. The van der Waals surface area contributed by atoms with Crippen LogP contribution in [0.2, 0.25) is 0 Å². The van der Waals surface area contributed by atoms with Crippen LogP contribution >= 0.6 is 0 Å². The zero-order valence-corrected chi connectivity index (χ0v) is 11.7. The highest BCUT2D eigenvalue weighted by molar-refractivity contribution is 5.69. The third-order valence-corrected chi connectivity index (χ3v) is 2.84. The van der Waals surface area contributed by atoms with E-state index in [1.165, 1.54) is 0 Å². The maximum Gasteiger partial charge on any atom is 0.410 e. The first kappa shape index (κ1) is 13.8. The normalized spacial score (nSPS) is 18.1. The van der Waals surface area contributed by atoms with E-state index in [0.29, 0.717) is 18.8 Å². The van der Waals surface area contributed by atoms with Crippen LogP contribution in [-0.4, -0.2) is 49.8 Å². The average molecular weight is 268 g/mol. The van der Waals surface area contributed by atoms with E-state index in [9.17, 15) is 9.90 Å². The zero-order valence-electron chi connectivity index (χ0n) is 11.7. The standard InChI is InChI=1S/C12H20N4O3/c1-8(17)10-7-16(14-13-10)9-5-15(6-9)11(18)19-12(2,3)4/h7-9,17H,5-6H2,1-4H3/t8-/m1/s1. The van der Waals surface area contributed by atoms with Gasteiger partial charge in [-0.2, -0.15) is 0 Å². The summed E-state index contributed by atoms with van der Waals surface area (Å²) in [6.07, 6.45) is 0.775. The lowest BCUT2D eigenvalue weighted by Gasteiger charge is -2.39. The molecule has 0 bridgehead atoms. The number of carbonyl (C=O) groups excluding carboxylic acids is 1. The summed E-state index contributed by atoms with van der Waals surface area (Å²) in [5.74, 6) is 0. The van der Waals surface area contributed by atoms with Crippen LogP contribution < -0.4 is 0 Å². The number of amides is 1. The predicted molar refractivity (Wildman–Crippen MR) is 67.5 cm³/mol. The molecule has 1 N–H and O–H groups in total. The number of nitrogens with zero attached hydrogens (tertiary/aromatic N) is 4. The number of rotatable bonds is 2. The van der Waals surface area contributed by atoms with Crippen LogP contribution in [-0.2, 0) is 4.74 Å². The van der Waals surface area contributed by atoms with E-state index in [0.717, 1.165) is 0 Å². The highest BCUT2D eigenvalue weighted by Crippen LogP contribution is 2.23. The summed E-state index contributed by atoms with van der Waals surface area (Å²) in [5, 5.41) is 17.2. The zero-order chi connectivity index (χ0) is 14.2. The van der Waals surface area contributed by atoms with Crippen LogP contribution in [0.3, 0.4) is 0 Å². The number of hydrogen-bond acceptors (Lipinski definition) is 5. The van der Waals surface area contributed by atoms with Gasteiger partial charge in [-0.15, -0.1) is 5.10 Å². The number of likely N-dealkylation sites (tertiary alicyclic amines) is 1. The topological polar surface area (TPSA) is 80.5 Å². The molecule has 7 heteroatoms. The minimum atomic E-state index is -0.629. The Labute approximate surface area is 112 Å². The predicted octanol–water partition coefficient (Wildman–Crippen LogP) is 1.12. The second-order valence-electron chi connectivity index (χ2n) is 5.84. The molecule has 1 aliphatic rings. The number of hydrogen-bond donors (Lipinski definition) is 1. The molecule has 19 heavy (non-hydrogen) atoms. The molecule has 1 fully saturated rings. The fourth-order valence-electron chi connectivity index (χ4n) is 1.76. The molecule has 0 aliphatic carbocycles. The molecule has 1 aromatic heterocycles. The highest BCUT2D eigenvalue weighted by atomic mass is 16.6. The van der Waals surface area contributed by atoms with Crippen molar-refractivity contribution in [3.05, 3.63) is 11.9 Å². The molecule has 1 amide bonds. The summed E-state index contributed by atoms with van der Waals surface area (Å²) in [5.41, 5.74) is 0.0604. The lowest BCUT2D eigenvalue weighted by molar-refractivity contribution is -0.000631. The van der Waals surface area contributed by atoms with Gasteiger partial charge >= 0.3 is 6.09 Å². The molecule has 0 radical (unpaired) electrons. The minimum Gasteiger partial charge on any atom is -0.444 e. The second-order valence-corrected chi connectivity index (χ2v) is 5.84. The molecule has 0 aromatic carbocycles. The maximum absolute atomic E-state index is 11.7. The Morgan fingerprint density at radius 3 is 2.63 bits per heavy atom. The summed E-state index contributed by atoms with van der Waals surface area (Å²) >= 11 is 0. The lowest BCUT2D eigenvalue weighted by Crippen LogP contribution is -2.52. The Morgan fingerprint density at radius 2 is 2.16 bits per heavy atom. The van der Waals surface area contributed by atoms with E-state index in [1.807, 2.05) is 20.8 Å². The van der Waals surface area contributed by atoms with Gasteiger partial charge in [-0.25, -0.2) is 9.48 Å². The smallest absolute Gasteiger partial charge is 0.410 e. The van der Waals surface area contributed by atoms with Crippen molar-refractivity contribution >= 4 is 6.09 Å². The first-order valence-electron chi connectivity index (χ1n) is 6.34. The van der Waals surface area contributed by atoms with Crippen molar-refractivity contribution in [1.29, 1.82) is 0 Å². The van der Waals surface area contributed by atoms with Gasteiger partial charge in [0.15, 0.2) is 0 Å². The Bertz CT molecular complexity index is 458. The fourth-order valence-corrected chi connectivity index (χ4v) is 1.76. The van der Waals surface area contributed by atoms with Gasteiger partial charge < -0.3 is 14.7 Å². The summed E-state index contributed by atoms with van der Waals surface area (Å²) < 4.78 is 6.95. The number of aromatic nitrogens is 3. The average Bonchev–Trinajstić information content (AvgIpc) is 2.61. The summed E-state index contributed by atoms with van der Waals surface area (Å²) in [6, 6.07) is 0.104. The number of aliphatic hydroxyl groups excluding tert-OH is 1. The van der Waals surface area contributed by atoms with Gasteiger partial charge in [0.25, 0.3) is 0 Å². The van der Waals surface area contributed by atoms with Gasteiger partial charge in [-0.3, -0.25) is 0 Å². The third-order valence-electron chi connectivity index (χ3n) is 2.84. The van der Waals surface area contributed by atoms with E-state index >= 15 is 0 Å². The Kier molecular flexibility index (Phi) is 3.49. The molecule has 1 atom stereocenters. The summed E-state index contributed by atoms with van der Waals surface area (Å²) in [7, 11) is 0. The Balaban J connectivity index is 1.87. The maximum atomic E-state index is 11.7. The molecule has 1 aliphatic heterocycles. The van der Waals surface area contributed by atoms with Crippen molar-refractivity contribution in [1.82, 2.24) is 19.9 Å². The number of aliphatic hydroxyl groups is 1. The molecule has 7 nitrogen and oxygen atoms in total. The van der Waals surface area contributed by atoms with Crippen molar-refractivity contribution in [2.75, 3.05) is 13.1 Å². The molecule has 1 saturated heterocycles. The van der Waals surface area contributed by atoms with Crippen molar-refractivity contribution in [3.63, 3.8) is 0 Å². The van der Waals surface area contributed by atoms with E-state index in [1.54, 1.807) is 22.7 Å². The van der Waals surface area contributed by atoms with Gasteiger partial charge in [-0.05, 0) is 27.7 Å². The van der Waals surface area contributed by atoms with Gasteiger partial charge in [0, 0.05) is 13.1 Å². The quantitative estimate of drug-likeness (QED) is 0.869. The molecule has 0 unspecified atom stereocenters. The van der Waals surface area contributed by atoms with Crippen molar-refractivity contribution < 1.29 is 14.6 Å². The van der Waals surface area contributed by atoms with Crippen LogP contribution in [0, 0.1) is 0 Å². The molecule has 2 heterocycles. The first-order valence-corrected chi connectivity index (χ1v) is 6.34. The largest absolute Gasteiger partial charge is 0.444 e. The lowest BCUT2D eigenvalue weighted by atomic mass is 10.1. The van der Waals surface area contributed by atoms with E-state index in [4.69, 9.17) is 4.74 Å². The van der Waals surface area contributed by atoms with E-state index in [2.05, 4.69) is 10.3 Å². The second kappa shape index (κ2) is 4.80. The SMILES string of the molecule is C[C@@H](O)c1cn(C2CN(C(=O)OC(C)(C)C)C2)nn1. The molecular weight excluding hydrogens is 248 g/mol. The fraction of sp³-hybridized carbons (Fsp3) is 0.750. The van der Waals surface area contributed by atoms with Crippen LogP contribution in [0.1, 0.15) is 45.5 Å². The van der Waals surface area contributed by atoms with E-state index < -0.39 is 11.7 Å². The molecule has 106 valence electrons. The van der Waals surface area contributed by atoms with Crippen molar-refractivity contribution in [3.8, 4) is 0 Å². The van der Waals surface area contributed by atoms with Gasteiger partial charge in [0.2, 0.25) is 0 Å². The molecule has 1 aromatic rings. The van der Waals surface area contributed by atoms with Gasteiger partial charge in [0.1, 0.15) is 11.3 Å². The summed E-state index contributed by atoms with van der Waals surface area (Å²) in [6.45, 7) is 8.27. The van der Waals surface area contributed by atoms with Crippen LogP contribution in [0.4, 0.5) is 4.79 Å². The van der Waals surface area contributed by atoms with Gasteiger partial charge in [0.05, 0.1) is 18.3 Å². The summed E-state index contributed by atoms with van der Waals surface area (Å²) in [4.78, 5) is 13.4. The van der Waals surface area contributed by atoms with Crippen molar-refractivity contribution in [2.24, 2.45) is 0 Å².